The van der Waals surface area contributed by atoms with Crippen LogP contribution >= 0.6 is 11.6 Å². The van der Waals surface area contributed by atoms with Gasteiger partial charge in [-0.3, -0.25) is 4.98 Å². The van der Waals surface area contributed by atoms with Gasteiger partial charge in [0.15, 0.2) is 0 Å². The van der Waals surface area contributed by atoms with Crippen LogP contribution in [-0.4, -0.2) is 22.5 Å². The SMILES string of the molecule is O=CC(O)Cc1ccncc1Cl. The highest BCUT2D eigenvalue weighted by Crippen LogP contribution is 2.14. The Morgan fingerprint density at radius 3 is 3.08 bits per heavy atom. The number of aliphatic hydroxyl groups is 1. The van der Waals surface area contributed by atoms with E-state index in [4.69, 9.17) is 16.7 Å². The summed E-state index contributed by atoms with van der Waals surface area (Å²) in [7, 11) is 0. The molecule has 3 nitrogen and oxygen atoms in total. The number of rotatable bonds is 3. The summed E-state index contributed by atoms with van der Waals surface area (Å²) in [6.45, 7) is 0. The molecule has 0 saturated heterocycles. The van der Waals surface area contributed by atoms with Gasteiger partial charge in [0.2, 0.25) is 0 Å². The molecule has 12 heavy (non-hydrogen) atoms. The van der Waals surface area contributed by atoms with Crippen molar-refractivity contribution in [3.05, 3.63) is 29.0 Å². The Morgan fingerprint density at radius 1 is 1.75 bits per heavy atom. The van der Waals surface area contributed by atoms with E-state index in [1.807, 2.05) is 0 Å². The molecular weight excluding hydrogens is 178 g/mol. The second-order valence-corrected chi connectivity index (χ2v) is 2.78. The van der Waals surface area contributed by atoms with E-state index in [9.17, 15) is 4.79 Å². The summed E-state index contributed by atoms with van der Waals surface area (Å²) < 4.78 is 0. The van der Waals surface area contributed by atoms with E-state index in [-0.39, 0.29) is 6.42 Å². The molecule has 0 aromatic carbocycles. The lowest BCUT2D eigenvalue weighted by atomic mass is 10.1. The molecule has 0 aliphatic carbocycles. The van der Waals surface area contributed by atoms with Gasteiger partial charge in [0.05, 0.1) is 5.02 Å². The zero-order valence-electron chi connectivity index (χ0n) is 6.27. The van der Waals surface area contributed by atoms with Crippen LogP contribution in [0.15, 0.2) is 18.5 Å². The lowest BCUT2D eigenvalue weighted by Crippen LogP contribution is -2.11. The molecule has 1 atom stereocenters. The van der Waals surface area contributed by atoms with Crippen molar-refractivity contribution in [2.75, 3.05) is 0 Å². The van der Waals surface area contributed by atoms with Crippen LogP contribution in [0.1, 0.15) is 5.56 Å². The number of aromatic nitrogens is 1. The minimum atomic E-state index is -0.982. The van der Waals surface area contributed by atoms with Gasteiger partial charge in [0.1, 0.15) is 12.4 Å². The first-order valence-electron chi connectivity index (χ1n) is 3.46. The summed E-state index contributed by atoms with van der Waals surface area (Å²) in [6.07, 6.45) is 2.79. The topological polar surface area (TPSA) is 50.2 Å². The molecule has 4 heteroatoms. The van der Waals surface area contributed by atoms with Gasteiger partial charge < -0.3 is 9.90 Å². The Bertz CT molecular complexity index is 278. The van der Waals surface area contributed by atoms with Crippen LogP contribution in [0.25, 0.3) is 0 Å². The molecule has 1 N–H and O–H groups in total. The summed E-state index contributed by atoms with van der Waals surface area (Å²) in [4.78, 5) is 13.9. The molecule has 0 saturated carbocycles. The van der Waals surface area contributed by atoms with E-state index in [1.54, 1.807) is 12.3 Å². The van der Waals surface area contributed by atoms with Crippen LogP contribution in [-0.2, 0) is 11.2 Å². The fourth-order valence-corrected chi connectivity index (χ4v) is 1.04. The molecule has 0 bridgehead atoms. The van der Waals surface area contributed by atoms with Crippen LogP contribution in [0.2, 0.25) is 5.02 Å². The van der Waals surface area contributed by atoms with E-state index in [0.29, 0.717) is 11.3 Å². The molecule has 1 rings (SSSR count). The van der Waals surface area contributed by atoms with Crippen LogP contribution in [0.3, 0.4) is 0 Å². The van der Waals surface area contributed by atoms with Gasteiger partial charge >= 0.3 is 0 Å². The standard InChI is InChI=1S/C8H8ClNO2/c9-8-4-10-2-1-6(8)3-7(12)5-11/h1-2,4-5,7,12H,3H2. The fraction of sp³-hybridized carbons (Fsp3) is 0.250. The highest BCUT2D eigenvalue weighted by Gasteiger charge is 2.06. The molecule has 1 aromatic heterocycles. The Hall–Kier alpha value is -0.930. The molecule has 1 unspecified atom stereocenters. The van der Waals surface area contributed by atoms with Crippen molar-refractivity contribution in [2.24, 2.45) is 0 Å². The molecular formula is C8H8ClNO2. The summed E-state index contributed by atoms with van der Waals surface area (Å²) >= 11 is 5.74. The van der Waals surface area contributed by atoms with Crippen LogP contribution < -0.4 is 0 Å². The normalized spacial score (nSPS) is 12.5. The number of pyridine rings is 1. The Kier molecular flexibility index (Phi) is 3.19. The maximum Gasteiger partial charge on any atom is 0.148 e. The summed E-state index contributed by atoms with van der Waals surface area (Å²) in [5, 5.41) is 9.46. The van der Waals surface area contributed by atoms with Gasteiger partial charge in [0.25, 0.3) is 0 Å². The van der Waals surface area contributed by atoms with Gasteiger partial charge in [-0.2, -0.15) is 0 Å². The second kappa shape index (κ2) is 4.18. The van der Waals surface area contributed by atoms with Gasteiger partial charge in [-0.25, -0.2) is 0 Å². The van der Waals surface area contributed by atoms with E-state index in [0.717, 1.165) is 5.56 Å². The van der Waals surface area contributed by atoms with E-state index < -0.39 is 6.10 Å². The van der Waals surface area contributed by atoms with E-state index >= 15 is 0 Å². The van der Waals surface area contributed by atoms with Crippen molar-refractivity contribution >= 4 is 17.9 Å². The minimum absolute atomic E-state index is 0.241. The monoisotopic (exact) mass is 185 g/mol. The zero-order valence-corrected chi connectivity index (χ0v) is 7.03. The number of carbonyl (C=O) groups is 1. The maximum atomic E-state index is 10.1. The van der Waals surface area contributed by atoms with Crippen molar-refractivity contribution in [3.8, 4) is 0 Å². The first-order valence-corrected chi connectivity index (χ1v) is 3.83. The lowest BCUT2D eigenvalue weighted by molar-refractivity contribution is -0.114. The van der Waals surface area contributed by atoms with Crippen molar-refractivity contribution in [3.63, 3.8) is 0 Å². The average molecular weight is 186 g/mol. The van der Waals surface area contributed by atoms with E-state index in [1.165, 1.54) is 6.20 Å². The molecule has 0 fully saturated rings. The highest BCUT2D eigenvalue weighted by atomic mass is 35.5. The van der Waals surface area contributed by atoms with Crippen LogP contribution in [0.4, 0.5) is 0 Å². The number of nitrogens with zero attached hydrogens (tertiary/aromatic N) is 1. The average Bonchev–Trinajstić information content (AvgIpc) is 2.09. The third-order valence-electron chi connectivity index (χ3n) is 1.44. The Balaban J connectivity index is 2.75. The molecule has 0 spiro atoms. The summed E-state index contributed by atoms with van der Waals surface area (Å²) in [5.41, 5.74) is 0.728. The molecule has 0 aliphatic heterocycles. The number of carbonyl (C=O) groups excluding carboxylic acids is 1. The smallest absolute Gasteiger partial charge is 0.148 e. The lowest BCUT2D eigenvalue weighted by Gasteiger charge is -2.03. The largest absolute Gasteiger partial charge is 0.385 e. The van der Waals surface area contributed by atoms with Crippen molar-refractivity contribution in [1.82, 2.24) is 4.98 Å². The van der Waals surface area contributed by atoms with Crippen LogP contribution in [0, 0.1) is 0 Å². The van der Waals surface area contributed by atoms with Gasteiger partial charge in [-0.05, 0) is 11.6 Å². The first kappa shape index (κ1) is 9.16. The van der Waals surface area contributed by atoms with Crippen molar-refractivity contribution in [2.45, 2.75) is 12.5 Å². The third kappa shape index (κ3) is 2.29. The van der Waals surface area contributed by atoms with E-state index in [2.05, 4.69) is 4.98 Å². The van der Waals surface area contributed by atoms with Crippen molar-refractivity contribution in [1.29, 1.82) is 0 Å². The molecule has 0 radical (unpaired) electrons. The molecule has 1 aromatic rings. The van der Waals surface area contributed by atoms with Crippen LogP contribution in [0.5, 0.6) is 0 Å². The Morgan fingerprint density at radius 2 is 2.50 bits per heavy atom. The van der Waals surface area contributed by atoms with Gasteiger partial charge in [-0.1, -0.05) is 11.6 Å². The predicted octanol–water partition coefficient (Wildman–Crippen LogP) is 0.837. The molecule has 0 amide bonds. The number of aldehydes is 1. The number of aliphatic hydroxyl groups excluding tert-OH is 1. The molecule has 1 heterocycles. The highest BCUT2D eigenvalue weighted by molar-refractivity contribution is 6.31. The quantitative estimate of drug-likeness (QED) is 0.710. The molecule has 64 valence electrons. The number of hydrogen-bond donors (Lipinski definition) is 1. The molecule has 0 aliphatic rings. The summed E-state index contributed by atoms with van der Waals surface area (Å²) in [6, 6.07) is 1.68. The first-order chi connectivity index (χ1) is 5.74. The zero-order chi connectivity index (χ0) is 8.97. The van der Waals surface area contributed by atoms with Gasteiger partial charge in [-0.15, -0.1) is 0 Å². The Labute approximate surface area is 75.0 Å². The van der Waals surface area contributed by atoms with Crippen molar-refractivity contribution < 1.29 is 9.90 Å². The maximum absolute atomic E-state index is 10.1. The fourth-order valence-electron chi connectivity index (χ4n) is 0.843. The third-order valence-corrected chi connectivity index (χ3v) is 1.78. The minimum Gasteiger partial charge on any atom is -0.385 e. The second-order valence-electron chi connectivity index (χ2n) is 2.37. The predicted molar refractivity (Wildman–Crippen MR) is 45.0 cm³/mol. The number of hydrogen-bond acceptors (Lipinski definition) is 3. The number of halogens is 1. The van der Waals surface area contributed by atoms with Gasteiger partial charge in [0, 0.05) is 18.8 Å². The summed E-state index contributed by atoms with van der Waals surface area (Å²) in [5.74, 6) is 0.